The van der Waals surface area contributed by atoms with Gasteiger partial charge in [-0.1, -0.05) is 18.2 Å². The third-order valence-corrected chi connectivity index (χ3v) is 2.74. The van der Waals surface area contributed by atoms with Crippen molar-refractivity contribution >= 4 is 17.6 Å². The van der Waals surface area contributed by atoms with E-state index in [-0.39, 0.29) is 24.2 Å². The van der Waals surface area contributed by atoms with E-state index in [2.05, 4.69) is 5.32 Å². The van der Waals surface area contributed by atoms with Crippen molar-refractivity contribution in [1.82, 2.24) is 5.32 Å². The van der Waals surface area contributed by atoms with Crippen LogP contribution in [-0.2, 0) is 16.0 Å². The molecule has 0 aromatic heterocycles. The van der Waals surface area contributed by atoms with Crippen molar-refractivity contribution in [3.63, 3.8) is 0 Å². The first-order valence-corrected chi connectivity index (χ1v) is 6.14. The van der Waals surface area contributed by atoms with Crippen LogP contribution in [0.3, 0.4) is 0 Å². The molecule has 3 N–H and O–H groups in total. The van der Waals surface area contributed by atoms with Gasteiger partial charge in [0, 0.05) is 18.2 Å². The first kappa shape index (κ1) is 16.6. The minimum atomic E-state index is -1.58. The summed E-state index contributed by atoms with van der Waals surface area (Å²) >= 11 is 0. The first-order valence-electron chi connectivity index (χ1n) is 6.14. The second-order valence-electron chi connectivity index (χ2n) is 4.91. The van der Waals surface area contributed by atoms with E-state index < -0.39 is 28.8 Å². The number of nitrogens with one attached hydrogen (secondary N) is 1. The number of carboxylic acid groups (broad SMARTS) is 1. The fraction of sp³-hybridized carbons (Fsp3) is 0.385. The molecule has 0 saturated heterocycles. The number of nitro groups is 1. The standard InChI is InChI=1S/C13H16N2O6/c1-13(19,7-12(17)18)8-14-11(16)6-9-4-2-3-5-10(9)15(20)21/h2-5,19H,6-8H2,1H3,(H,14,16)(H,17,18). The molecule has 0 radical (unpaired) electrons. The number of rotatable bonds is 7. The maximum atomic E-state index is 11.7. The van der Waals surface area contributed by atoms with Crippen molar-refractivity contribution in [3.8, 4) is 0 Å². The highest BCUT2D eigenvalue weighted by molar-refractivity contribution is 5.80. The summed E-state index contributed by atoms with van der Waals surface area (Å²) in [5.41, 5.74) is -1.49. The lowest BCUT2D eigenvalue weighted by Crippen LogP contribution is -2.42. The van der Waals surface area contributed by atoms with Crippen LogP contribution in [0.25, 0.3) is 0 Å². The fourth-order valence-corrected chi connectivity index (χ4v) is 1.75. The molecule has 1 unspecified atom stereocenters. The summed E-state index contributed by atoms with van der Waals surface area (Å²) in [5, 5.41) is 31.5. The summed E-state index contributed by atoms with van der Waals surface area (Å²) in [6.45, 7) is 1.03. The van der Waals surface area contributed by atoms with Crippen LogP contribution >= 0.6 is 0 Å². The molecule has 0 aliphatic heterocycles. The van der Waals surface area contributed by atoms with Crippen LogP contribution in [0.5, 0.6) is 0 Å². The SMILES string of the molecule is CC(O)(CNC(=O)Cc1ccccc1[N+](=O)[O-])CC(=O)O. The molecule has 0 heterocycles. The largest absolute Gasteiger partial charge is 0.481 e. The van der Waals surface area contributed by atoms with E-state index >= 15 is 0 Å². The third kappa shape index (κ3) is 5.57. The van der Waals surface area contributed by atoms with E-state index in [0.29, 0.717) is 0 Å². The Kier molecular flexibility index (Phi) is 5.37. The molecule has 1 aromatic rings. The van der Waals surface area contributed by atoms with Crippen molar-refractivity contribution in [3.05, 3.63) is 39.9 Å². The monoisotopic (exact) mass is 296 g/mol. The van der Waals surface area contributed by atoms with Crippen molar-refractivity contribution in [2.24, 2.45) is 0 Å². The van der Waals surface area contributed by atoms with Crippen molar-refractivity contribution in [2.75, 3.05) is 6.54 Å². The van der Waals surface area contributed by atoms with Gasteiger partial charge in [-0.15, -0.1) is 0 Å². The average molecular weight is 296 g/mol. The van der Waals surface area contributed by atoms with E-state index in [1.54, 1.807) is 6.07 Å². The molecule has 21 heavy (non-hydrogen) atoms. The zero-order valence-corrected chi connectivity index (χ0v) is 11.4. The number of nitrogens with zero attached hydrogens (tertiary/aromatic N) is 1. The van der Waals surface area contributed by atoms with Crippen LogP contribution in [0.4, 0.5) is 5.69 Å². The molecule has 0 bridgehead atoms. The number of para-hydroxylation sites is 1. The van der Waals surface area contributed by atoms with Crippen molar-refractivity contribution < 1.29 is 24.7 Å². The number of carbonyl (C=O) groups is 2. The molecule has 0 fully saturated rings. The van der Waals surface area contributed by atoms with E-state index in [1.165, 1.54) is 25.1 Å². The Hall–Kier alpha value is -2.48. The van der Waals surface area contributed by atoms with Gasteiger partial charge in [-0.05, 0) is 6.92 Å². The van der Waals surface area contributed by atoms with Crippen LogP contribution in [0, 0.1) is 10.1 Å². The quantitative estimate of drug-likeness (QED) is 0.495. The Morgan fingerprint density at radius 2 is 2.00 bits per heavy atom. The molecule has 0 aliphatic rings. The van der Waals surface area contributed by atoms with Crippen LogP contribution in [0.1, 0.15) is 18.9 Å². The fourth-order valence-electron chi connectivity index (χ4n) is 1.75. The van der Waals surface area contributed by atoms with Gasteiger partial charge in [-0.2, -0.15) is 0 Å². The number of aliphatic carboxylic acids is 1. The minimum Gasteiger partial charge on any atom is -0.481 e. The van der Waals surface area contributed by atoms with Gasteiger partial charge < -0.3 is 15.5 Å². The highest BCUT2D eigenvalue weighted by Crippen LogP contribution is 2.18. The van der Waals surface area contributed by atoms with E-state index in [0.717, 1.165) is 0 Å². The Labute approximate surface area is 120 Å². The molecule has 1 aromatic carbocycles. The van der Waals surface area contributed by atoms with Gasteiger partial charge in [0.05, 0.1) is 23.4 Å². The van der Waals surface area contributed by atoms with Gasteiger partial charge in [-0.3, -0.25) is 19.7 Å². The summed E-state index contributed by atoms with van der Waals surface area (Å²) < 4.78 is 0. The number of nitro benzene ring substituents is 1. The molecule has 0 spiro atoms. The number of hydrogen-bond donors (Lipinski definition) is 3. The number of hydrogen-bond acceptors (Lipinski definition) is 5. The lowest BCUT2D eigenvalue weighted by atomic mass is 10.0. The maximum absolute atomic E-state index is 11.7. The molecule has 0 aliphatic carbocycles. The van der Waals surface area contributed by atoms with E-state index in [4.69, 9.17) is 5.11 Å². The zero-order valence-electron chi connectivity index (χ0n) is 11.4. The normalized spacial score (nSPS) is 13.2. The molecule has 114 valence electrons. The number of aliphatic hydroxyl groups is 1. The van der Waals surface area contributed by atoms with Crippen molar-refractivity contribution in [2.45, 2.75) is 25.4 Å². The van der Waals surface area contributed by atoms with Gasteiger partial charge in [0.25, 0.3) is 5.69 Å². The van der Waals surface area contributed by atoms with E-state index in [9.17, 15) is 24.8 Å². The first-order chi connectivity index (χ1) is 9.71. The minimum absolute atomic E-state index is 0.162. The molecule has 1 amide bonds. The Bertz CT molecular complexity index is 555. The topological polar surface area (TPSA) is 130 Å². The van der Waals surface area contributed by atoms with Crippen LogP contribution in [-0.4, -0.2) is 39.2 Å². The predicted octanol–water partition coefficient (Wildman–Crippen LogP) is 0.479. The Morgan fingerprint density at radius 3 is 2.57 bits per heavy atom. The van der Waals surface area contributed by atoms with Gasteiger partial charge in [0.1, 0.15) is 0 Å². The Morgan fingerprint density at radius 1 is 1.38 bits per heavy atom. The van der Waals surface area contributed by atoms with Crippen molar-refractivity contribution in [1.29, 1.82) is 0 Å². The molecule has 8 heteroatoms. The van der Waals surface area contributed by atoms with E-state index in [1.807, 2.05) is 0 Å². The van der Waals surface area contributed by atoms with Crippen LogP contribution in [0.2, 0.25) is 0 Å². The zero-order chi connectivity index (χ0) is 16.0. The summed E-state index contributed by atoms with van der Waals surface area (Å²) in [6.07, 6.45) is -0.737. The lowest BCUT2D eigenvalue weighted by Gasteiger charge is -2.21. The maximum Gasteiger partial charge on any atom is 0.306 e. The molecule has 0 saturated carbocycles. The van der Waals surface area contributed by atoms with Crippen LogP contribution < -0.4 is 5.32 Å². The summed E-state index contributed by atoms with van der Waals surface area (Å²) in [4.78, 5) is 32.5. The Balaban J connectivity index is 2.63. The van der Waals surface area contributed by atoms with Gasteiger partial charge in [0.2, 0.25) is 5.91 Å². The molecular formula is C13H16N2O6. The highest BCUT2D eigenvalue weighted by Gasteiger charge is 2.25. The third-order valence-electron chi connectivity index (χ3n) is 2.74. The molecule has 1 atom stereocenters. The number of carbonyl (C=O) groups excluding carboxylic acids is 1. The second kappa shape index (κ2) is 6.80. The molecule has 8 nitrogen and oxygen atoms in total. The average Bonchev–Trinajstić information content (AvgIpc) is 2.35. The van der Waals surface area contributed by atoms with Gasteiger partial charge >= 0.3 is 5.97 Å². The summed E-state index contributed by atoms with van der Waals surface area (Å²) in [6, 6.07) is 5.84. The smallest absolute Gasteiger partial charge is 0.306 e. The summed E-state index contributed by atoms with van der Waals surface area (Å²) in [5.74, 6) is -1.72. The number of carboxylic acids is 1. The second-order valence-corrected chi connectivity index (χ2v) is 4.91. The predicted molar refractivity (Wildman–Crippen MR) is 72.7 cm³/mol. The molecule has 1 rings (SSSR count). The van der Waals surface area contributed by atoms with Crippen LogP contribution in [0.15, 0.2) is 24.3 Å². The lowest BCUT2D eigenvalue weighted by molar-refractivity contribution is -0.385. The number of benzene rings is 1. The summed E-state index contributed by atoms with van der Waals surface area (Å²) in [7, 11) is 0. The number of amides is 1. The molecular weight excluding hydrogens is 280 g/mol. The highest BCUT2D eigenvalue weighted by atomic mass is 16.6. The van der Waals surface area contributed by atoms with Gasteiger partial charge in [0.15, 0.2) is 0 Å². The van der Waals surface area contributed by atoms with Gasteiger partial charge in [-0.25, -0.2) is 0 Å².